The van der Waals surface area contributed by atoms with Gasteiger partial charge in [0.05, 0.1) is 15.6 Å². The summed E-state index contributed by atoms with van der Waals surface area (Å²) in [7, 11) is 0. The first-order valence-corrected chi connectivity index (χ1v) is 6.14. The number of hydrogen-bond donors (Lipinski definition) is 1. The summed E-state index contributed by atoms with van der Waals surface area (Å²) in [6, 6.07) is 6.54. The van der Waals surface area contributed by atoms with Crippen molar-refractivity contribution < 1.29 is 13.2 Å². The zero-order valence-electron chi connectivity index (χ0n) is 9.35. The van der Waals surface area contributed by atoms with Crippen molar-refractivity contribution in [3.8, 4) is 11.4 Å². The second-order valence-electron chi connectivity index (χ2n) is 3.97. The smallest absolute Gasteiger partial charge is 0.153 e. The van der Waals surface area contributed by atoms with Crippen molar-refractivity contribution in [3.05, 3.63) is 52.3 Å². The number of nitrogens with one attached hydrogen (secondary N) is 1. The van der Waals surface area contributed by atoms with Crippen molar-refractivity contribution in [2.75, 3.05) is 0 Å². The molecule has 0 bridgehead atoms. The maximum atomic E-state index is 13.9. The molecule has 6 heteroatoms. The van der Waals surface area contributed by atoms with Crippen LogP contribution in [0.3, 0.4) is 0 Å². The average molecular weight is 327 g/mol. The Hall–Kier alpha value is -1.82. The number of rotatable bonds is 1. The molecule has 2 aromatic carbocycles. The topological polar surface area (TPSA) is 28.7 Å². The Morgan fingerprint density at radius 1 is 1.11 bits per heavy atom. The first-order chi connectivity index (χ1) is 9.06. The van der Waals surface area contributed by atoms with Crippen LogP contribution in [0.25, 0.3) is 22.4 Å². The summed E-state index contributed by atoms with van der Waals surface area (Å²) in [6.07, 6.45) is 0. The van der Waals surface area contributed by atoms with Gasteiger partial charge < -0.3 is 4.98 Å². The normalized spacial score (nSPS) is 11.2. The van der Waals surface area contributed by atoms with Crippen LogP contribution in [0.2, 0.25) is 0 Å². The van der Waals surface area contributed by atoms with E-state index in [2.05, 4.69) is 25.9 Å². The second kappa shape index (κ2) is 4.38. The van der Waals surface area contributed by atoms with Gasteiger partial charge in [-0.25, -0.2) is 18.2 Å². The predicted octanol–water partition coefficient (Wildman–Crippen LogP) is 4.41. The number of halogens is 4. The molecule has 0 unspecified atom stereocenters. The lowest BCUT2D eigenvalue weighted by molar-refractivity contribution is 0.590. The molecule has 2 nitrogen and oxygen atoms in total. The molecule has 0 spiro atoms. The lowest BCUT2D eigenvalue weighted by Crippen LogP contribution is -1.87. The van der Waals surface area contributed by atoms with E-state index in [4.69, 9.17) is 0 Å². The lowest BCUT2D eigenvalue weighted by Gasteiger charge is -2.00. The van der Waals surface area contributed by atoms with Gasteiger partial charge in [-0.2, -0.15) is 0 Å². The number of H-pyrrole nitrogens is 1. The Kier molecular flexibility index (Phi) is 2.82. The predicted molar refractivity (Wildman–Crippen MR) is 69.1 cm³/mol. The third-order valence-corrected chi connectivity index (χ3v) is 3.32. The van der Waals surface area contributed by atoms with Crippen LogP contribution in [0, 0.1) is 17.5 Å². The molecule has 1 aromatic heterocycles. The zero-order valence-corrected chi connectivity index (χ0v) is 10.9. The van der Waals surface area contributed by atoms with Gasteiger partial charge in [0.2, 0.25) is 0 Å². The molecule has 0 aliphatic carbocycles. The Balaban J connectivity index is 2.26. The lowest BCUT2D eigenvalue weighted by atomic mass is 10.2. The molecular formula is C13H6BrF3N2. The van der Waals surface area contributed by atoms with Gasteiger partial charge in [0.15, 0.2) is 5.82 Å². The summed E-state index contributed by atoms with van der Waals surface area (Å²) in [5.74, 6) is -1.86. The fourth-order valence-corrected chi connectivity index (χ4v) is 2.22. The highest BCUT2D eigenvalue weighted by atomic mass is 79.9. The SMILES string of the molecule is Fc1cc(F)c2nc(-c3cccc(Br)c3F)[nH]c2c1. The van der Waals surface area contributed by atoms with Crippen molar-refractivity contribution in [2.24, 2.45) is 0 Å². The number of fused-ring (bicyclic) bond motifs is 1. The maximum absolute atomic E-state index is 13.9. The van der Waals surface area contributed by atoms with Crippen molar-refractivity contribution >= 4 is 27.0 Å². The summed E-state index contributed by atoms with van der Waals surface area (Å²) in [4.78, 5) is 6.68. The molecule has 3 aromatic rings. The number of aromatic nitrogens is 2. The Morgan fingerprint density at radius 2 is 1.89 bits per heavy atom. The van der Waals surface area contributed by atoms with E-state index >= 15 is 0 Å². The van der Waals surface area contributed by atoms with Gasteiger partial charge in [0, 0.05) is 6.07 Å². The average Bonchev–Trinajstić information content (AvgIpc) is 2.76. The Morgan fingerprint density at radius 3 is 2.68 bits per heavy atom. The summed E-state index contributed by atoms with van der Waals surface area (Å²) < 4.78 is 40.8. The molecule has 1 heterocycles. The highest BCUT2D eigenvalue weighted by Gasteiger charge is 2.14. The number of benzene rings is 2. The zero-order chi connectivity index (χ0) is 13.6. The minimum absolute atomic E-state index is 0.0178. The van der Waals surface area contributed by atoms with Gasteiger partial charge in [-0.3, -0.25) is 0 Å². The molecule has 96 valence electrons. The van der Waals surface area contributed by atoms with Crippen LogP contribution < -0.4 is 0 Å². The largest absolute Gasteiger partial charge is 0.338 e. The molecule has 0 amide bonds. The van der Waals surface area contributed by atoms with Crippen LogP contribution in [-0.4, -0.2) is 9.97 Å². The number of aromatic amines is 1. The van der Waals surface area contributed by atoms with Gasteiger partial charge in [0.25, 0.3) is 0 Å². The quantitative estimate of drug-likeness (QED) is 0.705. The minimum Gasteiger partial charge on any atom is -0.338 e. The second-order valence-corrected chi connectivity index (χ2v) is 4.82. The third kappa shape index (κ3) is 2.02. The van der Waals surface area contributed by atoms with Crippen LogP contribution in [-0.2, 0) is 0 Å². The van der Waals surface area contributed by atoms with E-state index in [9.17, 15) is 13.2 Å². The van der Waals surface area contributed by atoms with Crippen molar-refractivity contribution in [1.82, 2.24) is 9.97 Å². The van der Waals surface area contributed by atoms with Crippen molar-refractivity contribution in [2.45, 2.75) is 0 Å². The van der Waals surface area contributed by atoms with Crippen LogP contribution in [0.4, 0.5) is 13.2 Å². The van der Waals surface area contributed by atoms with Gasteiger partial charge in [-0.15, -0.1) is 0 Å². The highest BCUT2D eigenvalue weighted by Crippen LogP contribution is 2.28. The molecule has 19 heavy (non-hydrogen) atoms. The molecule has 0 saturated carbocycles. The molecule has 0 aliphatic heterocycles. The first-order valence-electron chi connectivity index (χ1n) is 5.35. The number of nitrogens with zero attached hydrogens (tertiary/aromatic N) is 1. The van der Waals surface area contributed by atoms with E-state index in [0.717, 1.165) is 12.1 Å². The standard InChI is InChI=1S/C13H6BrF3N2/c14-8-3-1-2-7(11(8)17)13-18-10-5-6(15)4-9(16)12(10)19-13/h1-5H,(H,18,19). The molecule has 0 aliphatic rings. The monoisotopic (exact) mass is 326 g/mol. The maximum Gasteiger partial charge on any atom is 0.153 e. The van der Waals surface area contributed by atoms with Gasteiger partial charge in [-0.05, 0) is 34.1 Å². The van der Waals surface area contributed by atoms with Gasteiger partial charge >= 0.3 is 0 Å². The van der Waals surface area contributed by atoms with Crippen molar-refractivity contribution in [1.29, 1.82) is 0 Å². The number of hydrogen-bond acceptors (Lipinski definition) is 1. The molecule has 0 fully saturated rings. The molecule has 0 saturated heterocycles. The van der Waals surface area contributed by atoms with E-state index in [1.165, 1.54) is 6.07 Å². The van der Waals surface area contributed by atoms with E-state index in [1.807, 2.05) is 0 Å². The van der Waals surface area contributed by atoms with Crippen LogP contribution in [0.1, 0.15) is 0 Å². The van der Waals surface area contributed by atoms with Crippen LogP contribution in [0.15, 0.2) is 34.8 Å². The van der Waals surface area contributed by atoms with Crippen LogP contribution >= 0.6 is 15.9 Å². The molecule has 0 atom stereocenters. The molecular weight excluding hydrogens is 321 g/mol. The van der Waals surface area contributed by atoms with E-state index < -0.39 is 17.5 Å². The summed E-state index contributed by atoms with van der Waals surface area (Å²) >= 11 is 3.06. The van der Waals surface area contributed by atoms with Crippen molar-refractivity contribution in [3.63, 3.8) is 0 Å². The summed E-state index contributed by atoms with van der Waals surface area (Å²) in [5, 5.41) is 0. The van der Waals surface area contributed by atoms with E-state index in [0.29, 0.717) is 0 Å². The third-order valence-electron chi connectivity index (χ3n) is 2.71. The summed E-state index contributed by atoms with van der Waals surface area (Å²) in [5.41, 5.74) is 0.355. The molecule has 1 N–H and O–H groups in total. The van der Waals surface area contributed by atoms with E-state index in [-0.39, 0.29) is 26.9 Å². The Bertz CT molecular complexity index is 783. The first kappa shape index (κ1) is 12.2. The molecule has 0 radical (unpaired) electrons. The van der Waals surface area contributed by atoms with E-state index in [1.54, 1.807) is 12.1 Å². The van der Waals surface area contributed by atoms with Gasteiger partial charge in [-0.1, -0.05) is 6.07 Å². The minimum atomic E-state index is -0.784. The van der Waals surface area contributed by atoms with Crippen LogP contribution in [0.5, 0.6) is 0 Å². The summed E-state index contributed by atoms with van der Waals surface area (Å²) in [6.45, 7) is 0. The highest BCUT2D eigenvalue weighted by molar-refractivity contribution is 9.10. The fourth-order valence-electron chi connectivity index (χ4n) is 1.86. The number of imidazole rings is 1. The van der Waals surface area contributed by atoms with Gasteiger partial charge in [0.1, 0.15) is 23.0 Å². The molecule has 3 rings (SSSR count). The Labute approximate surface area is 114 Å². The fraction of sp³-hybridized carbons (Fsp3) is 0.